The molecule has 0 saturated carbocycles. The summed E-state index contributed by atoms with van der Waals surface area (Å²) in [7, 11) is 0. The van der Waals surface area contributed by atoms with Gasteiger partial charge in [0.25, 0.3) is 5.69 Å². The van der Waals surface area contributed by atoms with Crippen LogP contribution in [0.1, 0.15) is 25.1 Å². The molecule has 1 N–H and O–H groups in total. The number of aryl methyl sites for hydroxylation is 1. The van der Waals surface area contributed by atoms with Crippen LogP contribution >= 0.6 is 0 Å². The number of aromatic nitrogens is 3. The first kappa shape index (κ1) is 14.1. The van der Waals surface area contributed by atoms with Crippen LogP contribution in [0.2, 0.25) is 0 Å². The van der Waals surface area contributed by atoms with Crippen molar-refractivity contribution in [2.24, 2.45) is 0 Å². The Hall–Kier alpha value is -2.28. The fraction of sp³-hybridized carbons (Fsp3) is 0.385. The maximum absolute atomic E-state index is 10.9. The third-order valence-corrected chi connectivity index (χ3v) is 2.89. The minimum Gasteiger partial charge on any atom is -0.309 e. The van der Waals surface area contributed by atoms with E-state index in [2.05, 4.69) is 15.6 Å². The highest BCUT2D eigenvalue weighted by atomic mass is 16.6. The molecule has 0 amide bonds. The summed E-state index contributed by atoms with van der Waals surface area (Å²) in [6.07, 6.45) is 1.77. The summed E-state index contributed by atoms with van der Waals surface area (Å²) in [5.41, 5.74) is 2.13. The van der Waals surface area contributed by atoms with Crippen LogP contribution in [-0.4, -0.2) is 26.0 Å². The van der Waals surface area contributed by atoms with Crippen molar-refractivity contribution in [1.29, 1.82) is 0 Å². The van der Waals surface area contributed by atoms with Gasteiger partial charge in [-0.15, -0.1) is 5.10 Å². The maximum Gasteiger partial charge on any atom is 0.274 e. The zero-order valence-electron chi connectivity index (χ0n) is 11.7. The molecule has 1 heterocycles. The van der Waals surface area contributed by atoms with Crippen molar-refractivity contribution in [3.05, 3.63) is 45.8 Å². The summed E-state index contributed by atoms with van der Waals surface area (Å²) in [5, 5.41) is 22.2. The van der Waals surface area contributed by atoms with Gasteiger partial charge >= 0.3 is 0 Å². The van der Waals surface area contributed by atoms with Gasteiger partial charge in [-0.25, -0.2) is 4.68 Å². The SMILES string of the molecule is Cc1ccc(-n2cc(CNC(C)C)nn2)cc1[N+](=O)[O-]. The van der Waals surface area contributed by atoms with Crippen molar-refractivity contribution >= 4 is 5.69 Å². The van der Waals surface area contributed by atoms with Crippen molar-refractivity contribution in [3.63, 3.8) is 0 Å². The standard InChI is InChI=1S/C13H17N5O2/c1-9(2)14-7-11-8-17(16-15-11)12-5-4-10(3)13(6-12)18(19)20/h4-6,8-9,14H,7H2,1-3H3. The Kier molecular flexibility index (Phi) is 4.09. The molecule has 0 radical (unpaired) electrons. The highest BCUT2D eigenvalue weighted by Crippen LogP contribution is 2.21. The van der Waals surface area contributed by atoms with Crippen LogP contribution in [0, 0.1) is 17.0 Å². The summed E-state index contributed by atoms with van der Waals surface area (Å²) in [4.78, 5) is 10.5. The second kappa shape index (κ2) is 5.79. The Morgan fingerprint density at radius 2 is 2.20 bits per heavy atom. The molecule has 0 bridgehead atoms. The molecule has 7 heteroatoms. The van der Waals surface area contributed by atoms with Crippen molar-refractivity contribution in [1.82, 2.24) is 20.3 Å². The van der Waals surface area contributed by atoms with E-state index in [1.54, 1.807) is 29.9 Å². The van der Waals surface area contributed by atoms with Gasteiger partial charge in [-0.1, -0.05) is 25.1 Å². The predicted octanol–water partition coefficient (Wildman–Crippen LogP) is 1.98. The summed E-state index contributed by atoms with van der Waals surface area (Å²) >= 11 is 0. The van der Waals surface area contributed by atoms with Crippen LogP contribution in [0.5, 0.6) is 0 Å². The van der Waals surface area contributed by atoms with Crippen molar-refractivity contribution in [3.8, 4) is 5.69 Å². The molecule has 20 heavy (non-hydrogen) atoms. The molecule has 0 aliphatic carbocycles. The zero-order chi connectivity index (χ0) is 14.7. The van der Waals surface area contributed by atoms with Gasteiger partial charge in [-0.05, 0) is 13.0 Å². The lowest BCUT2D eigenvalue weighted by Gasteiger charge is -2.04. The first-order chi connectivity index (χ1) is 9.47. The molecule has 0 aliphatic rings. The molecule has 2 rings (SSSR count). The van der Waals surface area contributed by atoms with Crippen LogP contribution in [0.4, 0.5) is 5.69 Å². The number of hydrogen-bond acceptors (Lipinski definition) is 5. The molecule has 0 unspecified atom stereocenters. The lowest BCUT2D eigenvalue weighted by Crippen LogP contribution is -2.21. The average Bonchev–Trinajstić information content (AvgIpc) is 2.85. The third-order valence-electron chi connectivity index (χ3n) is 2.89. The second-order valence-corrected chi connectivity index (χ2v) is 4.92. The Labute approximate surface area is 116 Å². The fourth-order valence-electron chi connectivity index (χ4n) is 1.75. The third kappa shape index (κ3) is 3.18. The van der Waals surface area contributed by atoms with E-state index >= 15 is 0 Å². The lowest BCUT2D eigenvalue weighted by molar-refractivity contribution is -0.385. The van der Waals surface area contributed by atoms with E-state index in [0.717, 1.165) is 5.69 Å². The molecule has 106 valence electrons. The number of nitro benzene ring substituents is 1. The monoisotopic (exact) mass is 275 g/mol. The topological polar surface area (TPSA) is 85.9 Å². The van der Waals surface area contributed by atoms with Gasteiger partial charge in [-0.2, -0.15) is 0 Å². The quantitative estimate of drug-likeness (QED) is 0.666. The van der Waals surface area contributed by atoms with Crippen molar-refractivity contribution in [2.75, 3.05) is 0 Å². The number of nitro groups is 1. The molecular formula is C13H17N5O2. The van der Waals surface area contributed by atoms with E-state index in [4.69, 9.17) is 0 Å². The highest BCUT2D eigenvalue weighted by Gasteiger charge is 2.12. The van der Waals surface area contributed by atoms with Crippen LogP contribution in [0.15, 0.2) is 24.4 Å². The zero-order valence-corrected chi connectivity index (χ0v) is 11.7. The largest absolute Gasteiger partial charge is 0.309 e. The second-order valence-electron chi connectivity index (χ2n) is 4.92. The number of nitrogens with zero attached hydrogens (tertiary/aromatic N) is 4. The number of nitrogens with one attached hydrogen (secondary N) is 1. The van der Waals surface area contributed by atoms with Crippen molar-refractivity contribution < 1.29 is 4.92 Å². The molecule has 0 atom stereocenters. The van der Waals surface area contributed by atoms with Crippen LogP contribution in [0.3, 0.4) is 0 Å². The summed E-state index contributed by atoms with van der Waals surface area (Å²) in [5.74, 6) is 0. The number of rotatable bonds is 5. The first-order valence-corrected chi connectivity index (χ1v) is 6.37. The molecule has 0 saturated heterocycles. The van der Waals surface area contributed by atoms with E-state index in [0.29, 0.717) is 23.8 Å². The van der Waals surface area contributed by atoms with Gasteiger partial charge < -0.3 is 5.32 Å². The molecule has 1 aromatic heterocycles. The van der Waals surface area contributed by atoms with E-state index in [-0.39, 0.29) is 5.69 Å². The normalized spacial score (nSPS) is 11.0. The molecule has 0 aliphatic heterocycles. The van der Waals surface area contributed by atoms with Gasteiger partial charge in [0.05, 0.1) is 22.5 Å². The summed E-state index contributed by atoms with van der Waals surface area (Å²) < 4.78 is 1.55. The number of hydrogen-bond donors (Lipinski definition) is 1. The Bertz CT molecular complexity index is 621. The van der Waals surface area contributed by atoms with Gasteiger partial charge in [0, 0.05) is 24.2 Å². The van der Waals surface area contributed by atoms with E-state index < -0.39 is 4.92 Å². The van der Waals surface area contributed by atoms with Gasteiger partial charge in [0.1, 0.15) is 0 Å². The summed E-state index contributed by atoms with van der Waals surface area (Å²) in [6.45, 7) is 6.42. The maximum atomic E-state index is 10.9. The Balaban J connectivity index is 2.24. The fourth-order valence-corrected chi connectivity index (χ4v) is 1.75. The molecule has 1 aromatic carbocycles. The average molecular weight is 275 g/mol. The number of benzene rings is 1. The molecule has 2 aromatic rings. The van der Waals surface area contributed by atoms with Crippen LogP contribution < -0.4 is 5.32 Å². The predicted molar refractivity (Wildman–Crippen MR) is 74.7 cm³/mol. The van der Waals surface area contributed by atoms with Gasteiger partial charge in [-0.3, -0.25) is 10.1 Å². The minimum atomic E-state index is -0.392. The smallest absolute Gasteiger partial charge is 0.274 e. The summed E-state index contributed by atoms with van der Waals surface area (Å²) in [6, 6.07) is 5.36. The first-order valence-electron chi connectivity index (χ1n) is 6.37. The van der Waals surface area contributed by atoms with E-state index in [1.807, 2.05) is 13.8 Å². The van der Waals surface area contributed by atoms with Crippen LogP contribution in [0.25, 0.3) is 5.69 Å². The van der Waals surface area contributed by atoms with Crippen molar-refractivity contribution in [2.45, 2.75) is 33.4 Å². The molecular weight excluding hydrogens is 258 g/mol. The van der Waals surface area contributed by atoms with E-state index in [9.17, 15) is 10.1 Å². The molecule has 0 spiro atoms. The molecule has 0 fully saturated rings. The molecule has 7 nitrogen and oxygen atoms in total. The minimum absolute atomic E-state index is 0.0832. The lowest BCUT2D eigenvalue weighted by atomic mass is 10.2. The van der Waals surface area contributed by atoms with E-state index in [1.165, 1.54) is 6.07 Å². The van der Waals surface area contributed by atoms with Gasteiger partial charge in [0.2, 0.25) is 0 Å². The Morgan fingerprint density at radius 3 is 2.85 bits per heavy atom. The Morgan fingerprint density at radius 1 is 1.45 bits per heavy atom. The highest BCUT2D eigenvalue weighted by molar-refractivity contribution is 5.48. The van der Waals surface area contributed by atoms with Crippen LogP contribution in [-0.2, 0) is 6.54 Å². The van der Waals surface area contributed by atoms with Gasteiger partial charge in [0.15, 0.2) is 0 Å².